The Kier molecular flexibility index (Phi) is 4.94. The number of hydrogen-bond donors (Lipinski definition) is 0. The van der Waals surface area contributed by atoms with Gasteiger partial charge in [-0.2, -0.15) is 15.5 Å². The minimum Gasteiger partial charge on any atom is -0.301 e. The van der Waals surface area contributed by atoms with Crippen molar-refractivity contribution in [3.05, 3.63) is 36.4 Å². The largest absolute Gasteiger partial charge is 0.301 e. The lowest BCUT2D eigenvalue weighted by Crippen LogP contribution is -2.39. The van der Waals surface area contributed by atoms with Gasteiger partial charge in [0.25, 0.3) is 0 Å². The molecule has 3 aromatic heterocycles. The quantitative estimate of drug-likeness (QED) is 0.644. The summed E-state index contributed by atoms with van der Waals surface area (Å²) in [4.78, 5) is 3.59. The first-order chi connectivity index (χ1) is 13.1. The SMILES string of the molecule is CSc1cc(-c2cnn(C3CCN(C(C)C)CC3)c2)cn2ncc(C#N)c12. The predicted octanol–water partition coefficient (Wildman–Crippen LogP) is 3.84. The molecule has 0 saturated carbocycles. The molecule has 0 unspecified atom stereocenters. The zero-order valence-electron chi connectivity index (χ0n) is 16.0. The van der Waals surface area contributed by atoms with E-state index in [2.05, 4.69) is 52.0 Å². The number of nitriles is 1. The monoisotopic (exact) mass is 380 g/mol. The van der Waals surface area contributed by atoms with E-state index in [4.69, 9.17) is 0 Å². The number of piperidine rings is 1. The van der Waals surface area contributed by atoms with Gasteiger partial charge in [0.15, 0.2) is 0 Å². The van der Waals surface area contributed by atoms with Crippen LogP contribution in [0.2, 0.25) is 0 Å². The molecule has 0 bridgehead atoms. The Morgan fingerprint density at radius 1 is 1.15 bits per heavy atom. The highest BCUT2D eigenvalue weighted by atomic mass is 32.2. The maximum atomic E-state index is 9.30. The van der Waals surface area contributed by atoms with Gasteiger partial charge in [-0.25, -0.2) is 4.52 Å². The van der Waals surface area contributed by atoms with Crippen molar-refractivity contribution in [3.8, 4) is 17.2 Å². The number of nitrogens with zero attached hydrogens (tertiary/aromatic N) is 6. The summed E-state index contributed by atoms with van der Waals surface area (Å²) in [5, 5.41) is 18.3. The van der Waals surface area contributed by atoms with Crippen molar-refractivity contribution in [1.82, 2.24) is 24.3 Å². The number of thioether (sulfide) groups is 1. The van der Waals surface area contributed by atoms with Crippen molar-refractivity contribution in [2.45, 2.75) is 43.7 Å². The Morgan fingerprint density at radius 3 is 2.59 bits per heavy atom. The second-order valence-corrected chi connectivity index (χ2v) is 8.18. The van der Waals surface area contributed by atoms with E-state index in [1.165, 1.54) is 0 Å². The van der Waals surface area contributed by atoms with Gasteiger partial charge >= 0.3 is 0 Å². The van der Waals surface area contributed by atoms with Crippen molar-refractivity contribution < 1.29 is 0 Å². The van der Waals surface area contributed by atoms with Gasteiger partial charge in [-0.15, -0.1) is 11.8 Å². The molecule has 4 rings (SSSR count). The smallest absolute Gasteiger partial charge is 0.103 e. The maximum Gasteiger partial charge on any atom is 0.103 e. The van der Waals surface area contributed by atoms with E-state index in [-0.39, 0.29) is 0 Å². The molecule has 1 aliphatic rings. The number of aromatic nitrogens is 4. The van der Waals surface area contributed by atoms with Gasteiger partial charge in [-0.1, -0.05) is 0 Å². The summed E-state index contributed by atoms with van der Waals surface area (Å²) in [7, 11) is 0. The lowest BCUT2D eigenvalue weighted by Gasteiger charge is -2.34. The van der Waals surface area contributed by atoms with Crippen LogP contribution in [0.25, 0.3) is 16.6 Å². The van der Waals surface area contributed by atoms with Crippen LogP contribution in [-0.4, -0.2) is 49.7 Å². The van der Waals surface area contributed by atoms with Crippen LogP contribution in [-0.2, 0) is 0 Å². The van der Waals surface area contributed by atoms with Crippen LogP contribution < -0.4 is 0 Å². The van der Waals surface area contributed by atoms with Crippen LogP contribution in [0.1, 0.15) is 38.3 Å². The maximum absolute atomic E-state index is 9.30. The molecule has 3 aromatic rings. The van der Waals surface area contributed by atoms with Gasteiger partial charge in [0.2, 0.25) is 0 Å². The summed E-state index contributed by atoms with van der Waals surface area (Å²) in [6, 6.07) is 5.43. The molecule has 6 nitrogen and oxygen atoms in total. The molecule has 1 saturated heterocycles. The fourth-order valence-electron chi connectivity index (χ4n) is 3.83. The first-order valence-corrected chi connectivity index (χ1v) is 10.6. The molecule has 1 fully saturated rings. The molecule has 0 N–H and O–H groups in total. The van der Waals surface area contributed by atoms with Crippen LogP contribution in [0.15, 0.2) is 35.7 Å². The number of hydrogen-bond acceptors (Lipinski definition) is 5. The first kappa shape index (κ1) is 18.1. The second-order valence-electron chi connectivity index (χ2n) is 7.33. The zero-order chi connectivity index (χ0) is 19.0. The summed E-state index contributed by atoms with van der Waals surface area (Å²) < 4.78 is 3.93. The van der Waals surface area contributed by atoms with Crippen LogP contribution in [0.5, 0.6) is 0 Å². The minimum absolute atomic E-state index is 0.465. The molecule has 0 spiro atoms. The Morgan fingerprint density at radius 2 is 1.93 bits per heavy atom. The second kappa shape index (κ2) is 7.37. The van der Waals surface area contributed by atoms with Crippen LogP contribution in [0.3, 0.4) is 0 Å². The van der Waals surface area contributed by atoms with E-state index in [0.717, 1.165) is 47.5 Å². The van der Waals surface area contributed by atoms with Gasteiger partial charge in [0, 0.05) is 47.5 Å². The summed E-state index contributed by atoms with van der Waals surface area (Å²) in [6.07, 6.45) is 12.0. The van der Waals surface area contributed by atoms with E-state index in [9.17, 15) is 5.26 Å². The Bertz CT molecular complexity index is 988. The third-order valence-electron chi connectivity index (χ3n) is 5.46. The molecule has 0 amide bonds. The number of likely N-dealkylation sites (tertiary alicyclic amines) is 1. The Labute approximate surface area is 163 Å². The summed E-state index contributed by atoms with van der Waals surface area (Å²) in [5.41, 5.74) is 3.65. The molecular formula is C20H24N6S. The fourth-order valence-corrected chi connectivity index (χ4v) is 4.47. The minimum atomic E-state index is 0.465. The third-order valence-corrected chi connectivity index (χ3v) is 6.21. The van der Waals surface area contributed by atoms with Crippen LogP contribution in [0.4, 0.5) is 0 Å². The van der Waals surface area contributed by atoms with Gasteiger partial charge in [0.1, 0.15) is 6.07 Å². The summed E-state index contributed by atoms with van der Waals surface area (Å²) >= 11 is 1.63. The molecule has 0 radical (unpaired) electrons. The van der Waals surface area contributed by atoms with Crippen molar-refractivity contribution in [1.29, 1.82) is 5.26 Å². The average molecular weight is 381 g/mol. The Balaban J connectivity index is 1.61. The van der Waals surface area contributed by atoms with E-state index in [1.807, 2.05) is 18.6 Å². The average Bonchev–Trinajstić information content (AvgIpc) is 3.34. The number of rotatable bonds is 4. The van der Waals surface area contributed by atoms with Gasteiger partial charge in [-0.3, -0.25) is 4.68 Å². The number of pyridine rings is 1. The lowest BCUT2D eigenvalue weighted by molar-refractivity contribution is 0.147. The van der Waals surface area contributed by atoms with Crippen molar-refractivity contribution in [2.24, 2.45) is 0 Å². The molecule has 1 aliphatic heterocycles. The molecule has 7 heteroatoms. The highest BCUT2D eigenvalue weighted by Gasteiger charge is 2.23. The molecule has 4 heterocycles. The zero-order valence-corrected chi connectivity index (χ0v) is 16.8. The topological polar surface area (TPSA) is 62.1 Å². The summed E-state index contributed by atoms with van der Waals surface area (Å²) in [5.74, 6) is 0. The van der Waals surface area contributed by atoms with Crippen molar-refractivity contribution in [2.75, 3.05) is 19.3 Å². The molecule has 0 atom stereocenters. The molecule has 140 valence electrons. The third kappa shape index (κ3) is 3.35. The fraction of sp³-hybridized carbons (Fsp3) is 0.450. The molecule has 0 aromatic carbocycles. The van der Waals surface area contributed by atoms with Crippen LogP contribution in [0, 0.1) is 11.3 Å². The molecular weight excluding hydrogens is 356 g/mol. The highest BCUT2D eigenvalue weighted by molar-refractivity contribution is 7.98. The van der Waals surface area contributed by atoms with Gasteiger partial charge < -0.3 is 4.90 Å². The summed E-state index contributed by atoms with van der Waals surface area (Å²) in [6.45, 7) is 6.78. The van der Waals surface area contributed by atoms with E-state index < -0.39 is 0 Å². The first-order valence-electron chi connectivity index (χ1n) is 9.34. The highest BCUT2D eigenvalue weighted by Crippen LogP contribution is 2.31. The molecule has 0 aliphatic carbocycles. The predicted molar refractivity (Wildman–Crippen MR) is 108 cm³/mol. The van der Waals surface area contributed by atoms with Crippen molar-refractivity contribution >= 4 is 17.3 Å². The normalized spacial score (nSPS) is 16.3. The van der Waals surface area contributed by atoms with E-state index in [0.29, 0.717) is 17.6 Å². The van der Waals surface area contributed by atoms with Crippen molar-refractivity contribution in [3.63, 3.8) is 0 Å². The number of fused-ring (bicyclic) bond motifs is 1. The molecule has 27 heavy (non-hydrogen) atoms. The van der Waals surface area contributed by atoms with Crippen LogP contribution >= 0.6 is 11.8 Å². The standard InChI is InChI=1S/C20H24N6S/c1-14(2)24-6-4-18(5-7-24)25-13-17(11-22-25)15-8-19(27-3)20-16(9-21)10-23-26(20)12-15/h8,10-14,18H,4-7H2,1-3H3. The van der Waals surface area contributed by atoms with E-state index >= 15 is 0 Å². The lowest BCUT2D eigenvalue weighted by atomic mass is 10.0. The van der Waals surface area contributed by atoms with E-state index in [1.54, 1.807) is 22.5 Å². The van der Waals surface area contributed by atoms with Gasteiger partial charge in [-0.05, 0) is 39.0 Å². The Hall–Kier alpha value is -2.30. The van der Waals surface area contributed by atoms with Gasteiger partial charge in [0.05, 0.1) is 29.5 Å².